The molecule has 75 heteroatoms. The molecule has 0 heterocycles. The van der Waals surface area contributed by atoms with E-state index in [1.54, 1.807) is 160 Å². The van der Waals surface area contributed by atoms with Crippen molar-refractivity contribution >= 4 is 597 Å². The Balaban J connectivity index is 0.00000209. The van der Waals surface area contributed by atoms with Crippen LogP contribution in [0.15, 0.2) is 48.5 Å². The topological polar surface area (TPSA) is 149 Å². The molecule has 0 aromatic heterocycles. The minimum absolute atomic E-state index is 0.133. The molecule has 0 spiro atoms. The van der Waals surface area contributed by atoms with E-state index in [1.165, 1.54) is 44.1 Å². The maximum Gasteiger partial charge on any atom is 0.408 e. The van der Waals surface area contributed by atoms with E-state index in [9.17, 15) is 24.3 Å². The zero-order valence-corrected chi connectivity index (χ0v) is 104. The molecule has 0 bridgehead atoms. The van der Waals surface area contributed by atoms with Gasteiger partial charge in [-0.2, -0.15) is 0 Å². The Morgan fingerprint density at radius 1 is 0.311 bits per heavy atom. The van der Waals surface area contributed by atoms with Gasteiger partial charge >= 0.3 is 24.1 Å². The van der Waals surface area contributed by atoms with Crippen molar-refractivity contribution in [1.82, 2.24) is 10.6 Å². The molecule has 0 saturated heterocycles. The van der Waals surface area contributed by atoms with Crippen molar-refractivity contribution in [2.75, 3.05) is 14.2 Å². The van der Waals surface area contributed by atoms with Gasteiger partial charge in [0.25, 0.3) is 0 Å². The van der Waals surface area contributed by atoms with Gasteiger partial charge in [0.2, 0.25) is 0 Å². The standard InChI is InChI=1S/C16H23NO4.C15H21NO5.S64/c1-11-6-8-12(9-7-11)10-13(14(18)20-5)17-15(19)21-16(2,3)4;1-15(2,3)21-14(19)16-12(13(18)20-4)9-10-5-7-11(17)8-6-10;1-3-5-7-9-11-13-15-17-19-21-23-25-27-29-31-33-35-37-39-41-43-45-47-49-51-53-55-57-59-61-63-64-62-60-58-56-54-52-50-48-46-44-42-40-38-36-34-32-30-28-26-24-22-20-18-16-14-12-10-8-6-4-2/h6-9,13H,10H2,1-5H3,(H,17,19);5-8,12,17H,9H2,1-4H3,(H,16,19);/t13-;12-;/m00./s1. The van der Waals surface area contributed by atoms with Crippen molar-refractivity contribution in [3.63, 3.8) is 0 Å². The lowest BCUT2D eigenvalue weighted by Gasteiger charge is -2.22. The molecule has 0 fully saturated rings. The summed E-state index contributed by atoms with van der Waals surface area (Å²) in [7, 11) is 114. The monoisotopic (exact) mass is 2630 g/mol. The van der Waals surface area contributed by atoms with Gasteiger partial charge in [-0.25, -0.2) is 19.2 Å². The van der Waals surface area contributed by atoms with Crippen molar-refractivity contribution < 1.29 is 43.2 Å². The molecular formula is C31H44N2O9S64. The third-order valence-electron chi connectivity index (χ3n) is 6.98. The lowest BCUT2D eigenvalue weighted by molar-refractivity contribution is -0.143. The van der Waals surface area contributed by atoms with Crippen LogP contribution in [0, 0.1) is 6.92 Å². The van der Waals surface area contributed by atoms with E-state index in [2.05, 4.69) is 15.4 Å². The smallest absolute Gasteiger partial charge is 0.408 e. The van der Waals surface area contributed by atoms with E-state index in [-0.39, 0.29) is 12.2 Å². The number of aryl methyl sites for hydroxylation is 1. The second kappa shape index (κ2) is 88.2. The van der Waals surface area contributed by atoms with Crippen molar-refractivity contribution in [1.29, 1.82) is 0 Å². The number of benzene rings is 2. The van der Waals surface area contributed by atoms with E-state index in [0.717, 1.165) is 16.7 Å². The lowest BCUT2D eigenvalue weighted by atomic mass is 10.0. The summed E-state index contributed by atoms with van der Waals surface area (Å²) in [5, 5.41) is 14.3. The number of alkyl carbamates (subject to hydrolysis) is 2. The second-order valence-corrected chi connectivity index (χ2v) is 125. The van der Waals surface area contributed by atoms with Crippen LogP contribution in [0.3, 0.4) is 0 Å². The molecule has 0 saturated carbocycles. The van der Waals surface area contributed by atoms with Gasteiger partial charge in [-0.05, 0) is 71.7 Å². The van der Waals surface area contributed by atoms with Crippen molar-refractivity contribution in [2.45, 2.75) is 84.6 Å². The summed E-state index contributed by atoms with van der Waals surface area (Å²) in [6, 6.07) is 12.5. The average molecular weight is 2640 g/mol. The summed E-state index contributed by atoms with van der Waals surface area (Å²) in [5.74, 6) is -0.927. The third kappa shape index (κ3) is 87.3. The number of nitrogens with one attached hydrogen (secondary N) is 2. The molecule has 0 aliphatic heterocycles. The largest absolute Gasteiger partial charge is 0.508 e. The SMILES string of the molecule is COC(=O)[C@H](Cc1ccc(C)cc1)NC(=O)OC(C)(C)C.COC(=O)[C@H](Cc1ccc(O)cc1)NC(=O)OC(C)(C)C.S=S=S=S=S=S=S=S=S=S=S=S=S=S=S=S=S=S=S=S=S=S=S=S=S=S=S=S=S=S=S=S=S=S=S=S=S=S=S=S=S=S=S=S=S=S=S=S=S=S=S=S=S=S=S=S=S=S=S=S=S=S=S=S. The summed E-state index contributed by atoms with van der Waals surface area (Å²) < 4.78 is 19.7. The number of aromatic hydroxyl groups is 1. The first-order valence-electron chi connectivity index (χ1n) is 23.9. The summed E-state index contributed by atoms with van der Waals surface area (Å²) in [6.07, 6.45) is -0.722. The van der Waals surface area contributed by atoms with Gasteiger partial charge in [-0.15, -0.1) is 0 Å². The summed E-state index contributed by atoms with van der Waals surface area (Å²) in [5.41, 5.74) is 1.58. The minimum Gasteiger partial charge on any atom is -0.508 e. The predicted octanol–water partition coefficient (Wildman–Crippen LogP) is 4.45. The Kier molecular flexibility index (Phi) is 96.4. The fourth-order valence-corrected chi connectivity index (χ4v) is 169. The Labute approximate surface area is 801 Å². The summed E-state index contributed by atoms with van der Waals surface area (Å²) in [6.45, 7) is 12.5. The number of carbonyl (C=O) groups is 4. The summed E-state index contributed by atoms with van der Waals surface area (Å²) >= 11 is 9.64. The number of amides is 2. The molecule has 2 aromatic rings. The molecule has 616 valence electrons. The Morgan fingerprint density at radius 2 is 0.472 bits per heavy atom. The highest BCUT2D eigenvalue weighted by molar-refractivity contribution is 8.83. The first-order valence-corrected chi connectivity index (χ1v) is 108. The van der Waals surface area contributed by atoms with E-state index >= 15 is 0 Å². The Morgan fingerprint density at radius 3 is 0.623 bits per heavy atom. The number of esters is 2. The number of carbonyl (C=O) groups excluding carboxylic acids is 4. The molecule has 0 aliphatic rings. The molecule has 0 unspecified atom stereocenters. The first kappa shape index (κ1) is 116. The normalized spacial score (nSPS) is 9.63. The fourth-order valence-electron chi connectivity index (χ4n) is 4.08. The average Bonchev–Trinajstić information content (AvgIpc) is 0.884. The van der Waals surface area contributed by atoms with Crippen molar-refractivity contribution in [3.05, 3.63) is 65.2 Å². The first-order chi connectivity index (χ1) is 51.3. The maximum absolute atomic E-state index is 11.8. The minimum atomic E-state index is -0.852. The Bertz CT molecular complexity index is 6150. The Hall–Kier alpha value is 9.80. The van der Waals surface area contributed by atoms with E-state index in [0.29, 0.717) is 6.42 Å². The van der Waals surface area contributed by atoms with Crippen molar-refractivity contribution in [2.24, 2.45) is 0 Å². The van der Waals surface area contributed by atoms with Gasteiger partial charge in [0.1, 0.15) is 29.0 Å². The van der Waals surface area contributed by atoms with E-state index in [4.69, 9.17) is 36.6 Å². The van der Waals surface area contributed by atoms with E-state index in [1.807, 2.05) is 457 Å². The molecule has 0 aliphatic carbocycles. The molecular weight excluding hydrogens is 2600 g/mol. The molecule has 0 radical (unpaired) electrons. The van der Waals surface area contributed by atoms with Crippen LogP contribution >= 0.6 is 0 Å². The van der Waals surface area contributed by atoms with Crippen LogP contribution < -0.4 is 10.6 Å². The van der Waals surface area contributed by atoms with Gasteiger partial charge in [0, 0.05) is 586 Å². The number of rotatable bonds is 8. The van der Waals surface area contributed by atoms with Crippen LogP contribution in [0.5, 0.6) is 5.75 Å². The third-order valence-corrected chi connectivity index (χ3v) is 143. The number of hydrogen-bond donors (Lipinski definition) is 3. The van der Waals surface area contributed by atoms with Gasteiger partial charge in [0.05, 0.1) is 14.2 Å². The molecule has 2 rings (SSSR count). The van der Waals surface area contributed by atoms with Crippen LogP contribution in [-0.2, 0) is 614 Å². The molecule has 2 amide bonds. The number of methoxy groups -OCH3 is 2. The number of phenolic OH excluding ortho intramolecular Hbond substituents is 1. The maximum atomic E-state index is 11.8. The molecule has 2 aromatic carbocycles. The highest BCUT2D eigenvalue weighted by atomic mass is 33.5. The van der Waals surface area contributed by atoms with Crippen LogP contribution in [0.25, 0.3) is 0 Å². The predicted molar refractivity (Wildman–Crippen MR) is 628 cm³/mol. The molecule has 106 heavy (non-hydrogen) atoms. The number of phenols is 1. The van der Waals surface area contributed by atoms with Gasteiger partial charge in [-0.3, -0.25) is 0 Å². The van der Waals surface area contributed by atoms with Crippen LogP contribution in [0.2, 0.25) is 0 Å². The number of ether oxygens (including phenoxy) is 4. The van der Waals surface area contributed by atoms with Crippen molar-refractivity contribution in [3.8, 4) is 5.75 Å². The zero-order chi connectivity index (χ0) is 77.9. The molecule has 2 atom stereocenters. The van der Waals surface area contributed by atoms with Gasteiger partial charge < -0.3 is 34.7 Å². The second-order valence-electron chi connectivity index (χ2n) is 15.7. The number of hydrogen-bond acceptors (Lipinski definition) is 11. The molecule has 11 nitrogen and oxygen atoms in total. The fraction of sp³-hybridized carbons (Fsp3) is 0.484. The van der Waals surface area contributed by atoms with Crippen LogP contribution in [0.4, 0.5) is 9.59 Å². The zero-order valence-electron chi connectivity index (χ0n) is 52.0. The highest BCUT2D eigenvalue weighted by Gasteiger charge is 2.26. The van der Waals surface area contributed by atoms with Crippen LogP contribution in [0.1, 0.15) is 58.2 Å². The van der Waals surface area contributed by atoms with Crippen LogP contribution in [-0.4, -0.2) is 66.7 Å². The van der Waals surface area contributed by atoms with E-state index < -0.39 is 47.4 Å². The lowest BCUT2D eigenvalue weighted by Crippen LogP contribution is -2.45. The molecule has 3 N–H and O–H groups in total. The van der Waals surface area contributed by atoms with Gasteiger partial charge in [-0.1, -0.05) is 42.0 Å². The highest BCUT2D eigenvalue weighted by Crippen LogP contribution is 2.14. The quantitative estimate of drug-likeness (QED) is 0.255. The summed E-state index contributed by atoms with van der Waals surface area (Å²) in [4.78, 5) is 47.1. The van der Waals surface area contributed by atoms with Gasteiger partial charge in [0.15, 0.2) is 0 Å².